The van der Waals surface area contributed by atoms with E-state index in [9.17, 15) is 18.0 Å². The number of aromatic nitrogens is 1. The van der Waals surface area contributed by atoms with Gasteiger partial charge in [-0.25, -0.2) is 0 Å². The second kappa shape index (κ2) is 4.60. The molecule has 15 heavy (non-hydrogen) atoms. The molecule has 1 aromatic rings. The molecule has 1 heterocycles. The van der Waals surface area contributed by atoms with Gasteiger partial charge in [0.15, 0.2) is 5.43 Å². The van der Waals surface area contributed by atoms with Crippen molar-refractivity contribution in [2.75, 3.05) is 0 Å². The van der Waals surface area contributed by atoms with E-state index in [0.29, 0.717) is 6.07 Å². The van der Waals surface area contributed by atoms with Crippen LogP contribution in [0.25, 0.3) is 0 Å². The molecule has 1 rings (SSSR count). The normalized spacial score (nSPS) is 11.5. The highest BCUT2D eigenvalue weighted by Crippen LogP contribution is 2.21. The number of ether oxygens (including phenoxy) is 1. The summed E-state index contributed by atoms with van der Waals surface area (Å²) in [5.74, 6) is -0.717. The highest BCUT2D eigenvalue weighted by atomic mass is 127. The molecule has 0 unspecified atom stereocenters. The van der Waals surface area contributed by atoms with Crippen molar-refractivity contribution < 1.29 is 17.9 Å². The average molecular weight is 353 g/mol. The third kappa shape index (κ3) is 3.56. The van der Waals surface area contributed by atoms with Gasteiger partial charge in [0.1, 0.15) is 0 Å². The van der Waals surface area contributed by atoms with Gasteiger partial charge in [-0.3, -0.25) is 4.79 Å². The van der Waals surface area contributed by atoms with Gasteiger partial charge in [-0.05, 0) is 22.6 Å². The molecule has 1 aromatic heterocycles. The van der Waals surface area contributed by atoms with E-state index in [2.05, 4.69) is 9.72 Å². The number of rotatable bonds is 2. The van der Waals surface area contributed by atoms with Crippen molar-refractivity contribution in [1.82, 2.24) is 4.98 Å². The molecule has 3 nitrogen and oxygen atoms in total. The van der Waals surface area contributed by atoms with Gasteiger partial charge < -0.3 is 9.72 Å². The van der Waals surface area contributed by atoms with Gasteiger partial charge >= 0.3 is 6.36 Å². The molecule has 0 aliphatic carbocycles. The first-order valence-electron chi connectivity index (χ1n) is 3.57. The Morgan fingerprint density at radius 1 is 1.53 bits per heavy atom. The second-order valence-electron chi connectivity index (χ2n) is 2.47. The number of H-pyrrole nitrogens is 1. The molecule has 0 saturated carbocycles. The van der Waals surface area contributed by atoms with Crippen LogP contribution in [0.5, 0.6) is 5.88 Å². The highest BCUT2D eigenvalue weighted by Gasteiger charge is 2.31. The first-order valence-corrected chi connectivity index (χ1v) is 5.18. The molecule has 8 heteroatoms. The van der Waals surface area contributed by atoms with Crippen molar-refractivity contribution in [3.63, 3.8) is 0 Å². The molecule has 0 amide bonds. The van der Waals surface area contributed by atoms with E-state index in [4.69, 9.17) is 11.6 Å². The molecule has 0 spiro atoms. The Labute approximate surface area is 101 Å². The van der Waals surface area contributed by atoms with Gasteiger partial charge in [-0.15, -0.1) is 24.8 Å². The third-order valence-electron chi connectivity index (χ3n) is 1.42. The number of aromatic amines is 1. The van der Waals surface area contributed by atoms with Gasteiger partial charge in [0.2, 0.25) is 5.88 Å². The zero-order valence-corrected chi connectivity index (χ0v) is 9.90. The Bertz CT molecular complexity index is 418. The second-order valence-corrected chi connectivity index (χ2v) is 3.82. The van der Waals surface area contributed by atoms with Crippen LogP contribution in [0.4, 0.5) is 13.2 Å². The summed E-state index contributed by atoms with van der Waals surface area (Å²) in [5, 5.41) is 0. The molecule has 0 radical (unpaired) electrons. The van der Waals surface area contributed by atoms with E-state index >= 15 is 0 Å². The van der Waals surface area contributed by atoms with Gasteiger partial charge in [-0.2, -0.15) is 0 Å². The van der Waals surface area contributed by atoms with Gasteiger partial charge in [-0.1, -0.05) is 0 Å². The quantitative estimate of drug-likeness (QED) is 0.505. The van der Waals surface area contributed by atoms with Crippen molar-refractivity contribution in [1.29, 1.82) is 0 Å². The maximum Gasteiger partial charge on any atom is 0.574 e. The van der Waals surface area contributed by atoms with Gasteiger partial charge in [0.05, 0.1) is 9.58 Å². The van der Waals surface area contributed by atoms with Crippen molar-refractivity contribution in [2.24, 2.45) is 0 Å². The van der Waals surface area contributed by atoms with Crippen LogP contribution in [0.2, 0.25) is 0 Å². The minimum absolute atomic E-state index is 0.0695. The summed E-state index contributed by atoms with van der Waals surface area (Å²) < 4.78 is 39.2. The standard InChI is InChI=1S/C7H4ClF3INO2/c8-2-3-4(14)1-5(13-6(3)12)15-7(9,10)11/h1H,2H2,(H,13,14). The minimum atomic E-state index is -4.82. The Balaban J connectivity index is 3.10. The molecule has 0 fully saturated rings. The predicted octanol–water partition coefficient (Wildman–Crippen LogP) is 2.62. The largest absolute Gasteiger partial charge is 0.574 e. The minimum Gasteiger partial charge on any atom is -0.390 e. The molecule has 1 N–H and O–H groups in total. The average Bonchev–Trinajstić information content (AvgIpc) is 1.99. The van der Waals surface area contributed by atoms with E-state index in [1.807, 2.05) is 0 Å². The SMILES string of the molecule is O=c1cc(OC(F)(F)F)[nH]c(I)c1CCl. The smallest absolute Gasteiger partial charge is 0.390 e. The molecule has 84 valence electrons. The van der Waals surface area contributed by atoms with Crippen LogP contribution in [0, 0.1) is 3.70 Å². The summed E-state index contributed by atoms with van der Waals surface area (Å²) in [4.78, 5) is 13.5. The number of hydrogen-bond donors (Lipinski definition) is 1. The molecule has 0 bridgehead atoms. The molecular formula is C7H4ClF3INO2. The number of nitrogens with one attached hydrogen (secondary N) is 1. The predicted molar refractivity (Wildman–Crippen MR) is 56.0 cm³/mol. The summed E-state index contributed by atoms with van der Waals surface area (Å²) in [6.07, 6.45) is -4.82. The summed E-state index contributed by atoms with van der Waals surface area (Å²) in [6, 6.07) is 0.716. The third-order valence-corrected chi connectivity index (χ3v) is 2.60. The van der Waals surface area contributed by atoms with Crippen LogP contribution in [0.3, 0.4) is 0 Å². The lowest BCUT2D eigenvalue weighted by Gasteiger charge is -2.09. The maximum absolute atomic E-state index is 11.8. The fraction of sp³-hybridized carbons (Fsp3) is 0.286. The first kappa shape index (κ1) is 12.6. The van der Waals surface area contributed by atoms with Crippen LogP contribution in [-0.2, 0) is 5.88 Å². The van der Waals surface area contributed by atoms with E-state index < -0.39 is 17.7 Å². The topological polar surface area (TPSA) is 42.1 Å². The van der Waals surface area contributed by atoms with E-state index in [0.717, 1.165) is 0 Å². The maximum atomic E-state index is 11.8. The number of alkyl halides is 4. The van der Waals surface area contributed by atoms with E-state index in [1.54, 1.807) is 22.6 Å². The van der Waals surface area contributed by atoms with Crippen LogP contribution in [0.1, 0.15) is 5.56 Å². The number of halogens is 5. The Morgan fingerprint density at radius 3 is 2.53 bits per heavy atom. The Kier molecular flexibility index (Phi) is 3.87. The molecule has 0 aromatic carbocycles. The molecule has 0 saturated heterocycles. The lowest BCUT2D eigenvalue weighted by molar-refractivity contribution is -0.276. The van der Waals surface area contributed by atoms with Crippen LogP contribution in [0.15, 0.2) is 10.9 Å². The van der Waals surface area contributed by atoms with Crippen LogP contribution < -0.4 is 10.2 Å². The summed E-state index contributed by atoms with van der Waals surface area (Å²) in [5.41, 5.74) is -0.376. The Hall–Kier alpha value is -0.440. The monoisotopic (exact) mass is 353 g/mol. The van der Waals surface area contributed by atoms with Crippen LogP contribution in [-0.4, -0.2) is 11.3 Å². The highest BCUT2D eigenvalue weighted by molar-refractivity contribution is 14.1. The zero-order chi connectivity index (χ0) is 11.6. The van der Waals surface area contributed by atoms with Crippen LogP contribution >= 0.6 is 34.2 Å². The lowest BCUT2D eigenvalue weighted by Crippen LogP contribution is -2.20. The van der Waals surface area contributed by atoms with Gasteiger partial charge in [0, 0.05) is 11.6 Å². The molecule has 0 aliphatic heterocycles. The summed E-state index contributed by atoms with van der Waals surface area (Å²) >= 11 is 7.11. The van der Waals surface area contributed by atoms with E-state index in [-0.39, 0.29) is 15.1 Å². The molecule has 0 atom stereocenters. The number of hydrogen-bond acceptors (Lipinski definition) is 2. The van der Waals surface area contributed by atoms with Crippen molar-refractivity contribution >= 4 is 34.2 Å². The fourth-order valence-corrected chi connectivity index (χ4v) is 2.05. The van der Waals surface area contributed by atoms with Crippen molar-refractivity contribution in [2.45, 2.75) is 12.2 Å². The zero-order valence-electron chi connectivity index (χ0n) is 6.99. The van der Waals surface area contributed by atoms with Crippen molar-refractivity contribution in [3.8, 4) is 5.88 Å². The molecule has 0 aliphatic rings. The van der Waals surface area contributed by atoms with E-state index in [1.165, 1.54) is 0 Å². The summed E-state index contributed by atoms with van der Waals surface area (Å²) in [6.45, 7) is 0. The fourth-order valence-electron chi connectivity index (χ4n) is 0.838. The van der Waals surface area contributed by atoms with Crippen molar-refractivity contribution in [3.05, 3.63) is 25.6 Å². The number of pyridine rings is 1. The Morgan fingerprint density at radius 2 is 2.13 bits per heavy atom. The molecular weight excluding hydrogens is 349 g/mol. The van der Waals surface area contributed by atoms with Gasteiger partial charge in [0.25, 0.3) is 0 Å². The lowest BCUT2D eigenvalue weighted by atomic mass is 10.3. The summed E-state index contributed by atoms with van der Waals surface area (Å²) in [7, 11) is 0. The first-order chi connectivity index (χ1) is 6.83.